The van der Waals surface area contributed by atoms with E-state index >= 15 is 0 Å². The van der Waals surface area contributed by atoms with E-state index in [0.717, 1.165) is 13.0 Å². The monoisotopic (exact) mass is 142 g/mol. The molecule has 3 aliphatic heterocycles. The normalized spacial score (nSPS) is 63.9. The van der Waals surface area contributed by atoms with E-state index in [0.29, 0.717) is 5.92 Å². The fourth-order valence-electron chi connectivity index (χ4n) is 2.36. The first-order valence-corrected chi connectivity index (χ1v) is 3.81. The van der Waals surface area contributed by atoms with Gasteiger partial charge >= 0.3 is 0 Å². The SMILES string of the molecule is O[C@@H]1[C@H]2OC[C@@H]3C[C@@H]1O[C@H]32. The molecule has 3 fully saturated rings. The van der Waals surface area contributed by atoms with Crippen molar-refractivity contribution in [2.75, 3.05) is 6.61 Å². The molecule has 0 aromatic rings. The lowest BCUT2D eigenvalue weighted by Gasteiger charge is -2.17. The highest BCUT2D eigenvalue weighted by Gasteiger charge is 2.58. The number of aliphatic hydroxyl groups excluding tert-OH is 1. The standard InChI is InChI=1S/C7H10O3/c8-5-4-1-3-2-9-7(5)6(3)10-4/h3-8H,1-2H2/t3-,4-,5-,6+,7+/m0/s1. The lowest BCUT2D eigenvalue weighted by atomic mass is 9.89. The van der Waals surface area contributed by atoms with Crippen molar-refractivity contribution in [2.24, 2.45) is 5.92 Å². The molecule has 56 valence electrons. The molecular formula is C7H10O3. The Balaban J connectivity index is 2.00. The molecule has 0 unspecified atom stereocenters. The highest BCUT2D eigenvalue weighted by molar-refractivity contribution is 5.05. The van der Waals surface area contributed by atoms with Gasteiger partial charge in [-0.15, -0.1) is 0 Å². The second-order valence-corrected chi connectivity index (χ2v) is 3.42. The molecule has 3 rings (SSSR count). The molecule has 0 aliphatic carbocycles. The van der Waals surface area contributed by atoms with E-state index in [1.165, 1.54) is 0 Å². The van der Waals surface area contributed by atoms with Gasteiger partial charge in [0.1, 0.15) is 12.2 Å². The van der Waals surface area contributed by atoms with Crippen molar-refractivity contribution in [2.45, 2.75) is 30.8 Å². The summed E-state index contributed by atoms with van der Waals surface area (Å²) in [6.45, 7) is 0.795. The molecule has 0 radical (unpaired) electrons. The molecule has 3 nitrogen and oxygen atoms in total. The lowest BCUT2D eigenvalue weighted by Crippen LogP contribution is -2.36. The van der Waals surface area contributed by atoms with Crippen LogP contribution >= 0.6 is 0 Å². The Morgan fingerprint density at radius 2 is 2.20 bits per heavy atom. The molecule has 2 bridgehead atoms. The highest BCUT2D eigenvalue weighted by atomic mass is 16.6. The number of aliphatic hydroxyl groups is 1. The van der Waals surface area contributed by atoms with Crippen molar-refractivity contribution in [1.82, 2.24) is 0 Å². The van der Waals surface area contributed by atoms with Gasteiger partial charge in [0.15, 0.2) is 0 Å². The Morgan fingerprint density at radius 1 is 1.30 bits per heavy atom. The smallest absolute Gasteiger partial charge is 0.112 e. The van der Waals surface area contributed by atoms with E-state index in [1.54, 1.807) is 0 Å². The van der Waals surface area contributed by atoms with Gasteiger partial charge in [0, 0.05) is 5.92 Å². The maximum atomic E-state index is 9.46. The Hall–Kier alpha value is -0.120. The molecular weight excluding hydrogens is 132 g/mol. The molecule has 10 heavy (non-hydrogen) atoms. The minimum atomic E-state index is -0.344. The Bertz CT molecular complexity index is 168. The number of ether oxygens (including phenoxy) is 2. The molecule has 3 heterocycles. The molecule has 0 spiro atoms. The van der Waals surface area contributed by atoms with Crippen LogP contribution in [0.5, 0.6) is 0 Å². The average molecular weight is 142 g/mol. The third-order valence-electron chi connectivity index (χ3n) is 2.88. The quantitative estimate of drug-likeness (QED) is 0.497. The molecule has 3 saturated heterocycles. The summed E-state index contributed by atoms with van der Waals surface area (Å²) < 4.78 is 10.9. The van der Waals surface area contributed by atoms with Gasteiger partial charge in [0.25, 0.3) is 0 Å². The van der Waals surface area contributed by atoms with Gasteiger partial charge in [-0.2, -0.15) is 0 Å². The summed E-state index contributed by atoms with van der Waals surface area (Å²) in [5.74, 6) is 0.582. The van der Waals surface area contributed by atoms with Crippen LogP contribution in [-0.4, -0.2) is 36.1 Å². The van der Waals surface area contributed by atoms with Gasteiger partial charge in [-0.25, -0.2) is 0 Å². The second-order valence-electron chi connectivity index (χ2n) is 3.42. The molecule has 0 saturated carbocycles. The van der Waals surface area contributed by atoms with Crippen LogP contribution in [0.25, 0.3) is 0 Å². The maximum Gasteiger partial charge on any atom is 0.112 e. The average Bonchev–Trinajstić information content (AvgIpc) is 2.43. The number of hydrogen-bond acceptors (Lipinski definition) is 3. The van der Waals surface area contributed by atoms with Crippen molar-refractivity contribution in [3.8, 4) is 0 Å². The van der Waals surface area contributed by atoms with Crippen molar-refractivity contribution >= 4 is 0 Å². The minimum absolute atomic E-state index is 0.00347. The van der Waals surface area contributed by atoms with Crippen LogP contribution in [0.3, 0.4) is 0 Å². The van der Waals surface area contributed by atoms with E-state index in [4.69, 9.17) is 9.47 Å². The molecule has 3 aliphatic rings. The summed E-state index contributed by atoms with van der Waals surface area (Å²) in [6.07, 6.45) is 0.970. The van der Waals surface area contributed by atoms with Gasteiger partial charge in [-0.3, -0.25) is 0 Å². The largest absolute Gasteiger partial charge is 0.388 e. The van der Waals surface area contributed by atoms with E-state index in [9.17, 15) is 5.11 Å². The van der Waals surface area contributed by atoms with Crippen molar-refractivity contribution in [1.29, 1.82) is 0 Å². The van der Waals surface area contributed by atoms with E-state index in [2.05, 4.69) is 0 Å². The van der Waals surface area contributed by atoms with Crippen molar-refractivity contribution < 1.29 is 14.6 Å². The molecule has 1 N–H and O–H groups in total. The fraction of sp³-hybridized carbons (Fsp3) is 1.00. The summed E-state index contributed by atoms with van der Waals surface area (Å²) in [5.41, 5.74) is 0. The van der Waals surface area contributed by atoms with Crippen LogP contribution in [0.2, 0.25) is 0 Å². The first-order chi connectivity index (χ1) is 4.86. The predicted octanol–water partition coefficient (Wildman–Crippen LogP) is -0.467. The van der Waals surface area contributed by atoms with Crippen molar-refractivity contribution in [3.05, 3.63) is 0 Å². The van der Waals surface area contributed by atoms with Gasteiger partial charge in [0.05, 0.1) is 18.8 Å². The van der Waals surface area contributed by atoms with Crippen LogP contribution in [-0.2, 0) is 9.47 Å². The minimum Gasteiger partial charge on any atom is -0.388 e. The van der Waals surface area contributed by atoms with Crippen molar-refractivity contribution in [3.63, 3.8) is 0 Å². The summed E-state index contributed by atoms with van der Waals surface area (Å²) in [6, 6.07) is 0. The van der Waals surface area contributed by atoms with Gasteiger partial charge < -0.3 is 14.6 Å². The topological polar surface area (TPSA) is 38.7 Å². The first kappa shape index (κ1) is 5.52. The van der Waals surface area contributed by atoms with Crippen LogP contribution < -0.4 is 0 Å². The second kappa shape index (κ2) is 1.55. The van der Waals surface area contributed by atoms with Crippen LogP contribution in [0.4, 0.5) is 0 Å². The van der Waals surface area contributed by atoms with Crippen LogP contribution in [0, 0.1) is 5.92 Å². The molecule has 3 heteroatoms. The third-order valence-corrected chi connectivity index (χ3v) is 2.88. The number of fused-ring (bicyclic) bond motifs is 1. The number of hydrogen-bond donors (Lipinski definition) is 1. The Labute approximate surface area is 58.9 Å². The predicted molar refractivity (Wildman–Crippen MR) is 32.5 cm³/mol. The molecule has 0 aromatic heterocycles. The van der Waals surface area contributed by atoms with Gasteiger partial charge in [-0.05, 0) is 6.42 Å². The number of rotatable bonds is 0. The zero-order valence-electron chi connectivity index (χ0n) is 5.56. The Morgan fingerprint density at radius 3 is 2.90 bits per heavy atom. The van der Waals surface area contributed by atoms with Gasteiger partial charge in [0.2, 0.25) is 0 Å². The maximum absolute atomic E-state index is 9.46. The fourth-order valence-corrected chi connectivity index (χ4v) is 2.36. The van der Waals surface area contributed by atoms with E-state index in [-0.39, 0.29) is 24.4 Å². The summed E-state index contributed by atoms with van der Waals surface area (Å²) in [5, 5.41) is 9.46. The zero-order chi connectivity index (χ0) is 6.72. The Kier molecular flexibility index (Phi) is 0.854. The molecule has 5 atom stereocenters. The highest BCUT2D eigenvalue weighted by Crippen LogP contribution is 2.45. The first-order valence-electron chi connectivity index (χ1n) is 3.81. The summed E-state index contributed by atoms with van der Waals surface area (Å²) in [4.78, 5) is 0. The van der Waals surface area contributed by atoms with E-state index < -0.39 is 0 Å². The third kappa shape index (κ3) is 0.447. The summed E-state index contributed by atoms with van der Waals surface area (Å²) in [7, 11) is 0. The van der Waals surface area contributed by atoms with E-state index in [1.807, 2.05) is 0 Å². The zero-order valence-corrected chi connectivity index (χ0v) is 5.56. The molecule has 0 amide bonds. The summed E-state index contributed by atoms with van der Waals surface area (Å²) >= 11 is 0. The van der Waals surface area contributed by atoms with Gasteiger partial charge in [-0.1, -0.05) is 0 Å². The molecule has 0 aromatic carbocycles. The lowest BCUT2D eigenvalue weighted by molar-refractivity contribution is 0.00896. The van der Waals surface area contributed by atoms with Crippen LogP contribution in [0.1, 0.15) is 6.42 Å². The van der Waals surface area contributed by atoms with Crippen LogP contribution in [0.15, 0.2) is 0 Å².